The summed E-state index contributed by atoms with van der Waals surface area (Å²) in [6.45, 7) is 6.93. The molecule has 15 heavy (non-hydrogen) atoms. The van der Waals surface area contributed by atoms with Crippen LogP contribution in [0.25, 0.3) is 0 Å². The first-order valence-electron chi connectivity index (χ1n) is 6.68. The molecule has 2 nitrogen and oxygen atoms in total. The van der Waals surface area contributed by atoms with Crippen LogP contribution < -0.4 is 5.73 Å². The summed E-state index contributed by atoms with van der Waals surface area (Å²) < 4.78 is 0. The van der Waals surface area contributed by atoms with E-state index in [0.717, 1.165) is 30.5 Å². The lowest BCUT2D eigenvalue weighted by molar-refractivity contribution is 0.147. The van der Waals surface area contributed by atoms with Gasteiger partial charge in [-0.25, -0.2) is 0 Å². The van der Waals surface area contributed by atoms with E-state index in [4.69, 9.17) is 5.73 Å². The van der Waals surface area contributed by atoms with E-state index in [-0.39, 0.29) is 0 Å². The molecule has 0 aromatic rings. The number of hydrogen-bond donors (Lipinski definition) is 1. The van der Waals surface area contributed by atoms with E-state index in [2.05, 4.69) is 18.7 Å². The van der Waals surface area contributed by atoms with Crippen LogP contribution in [-0.2, 0) is 0 Å². The molecule has 3 unspecified atom stereocenters. The lowest BCUT2D eigenvalue weighted by atomic mass is 9.98. The fraction of sp³-hybridized carbons (Fsp3) is 1.00. The molecule has 0 bridgehead atoms. The van der Waals surface area contributed by atoms with Crippen LogP contribution >= 0.6 is 0 Å². The van der Waals surface area contributed by atoms with E-state index in [1.807, 2.05) is 0 Å². The third kappa shape index (κ3) is 2.36. The van der Waals surface area contributed by atoms with E-state index >= 15 is 0 Å². The van der Waals surface area contributed by atoms with Gasteiger partial charge in [-0.3, -0.25) is 4.90 Å². The van der Waals surface area contributed by atoms with Gasteiger partial charge in [-0.1, -0.05) is 12.8 Å². The van der Waals surface area contributed by atoms with Gasteiger partial charge in [-0.2, -0.15) is 0 Å². The summed E-state index contributed by atoms with van der Waals surface area (Å²) in [6.07, 6.45) is 7.14. The summed E-state index contributed by atoms with van der Waals surface area (Å²) in [7, 11) is 0. The Morgan fingerprint density at radius 3 is 2.53 bits per heavy atom. The monoisotopic (exact) mass is 210 g/mol. The van der Waals surface area contributed by atoms with E-state index < -0.39 is 0 Å². The second kappa shape index (κ2) is 4.84. The molecule has 3 atom stereocenters. The second-order valence-corrected chi connectivity index (χ2v) is 5.67. The highest BCUT2D eigenvalue weighted by molar-refractivity contribution is 4.89. The quantitative estimate of drug-likeness (QED) is 0.774. The summed E-state index contributed by atoms with van der Waals surface area (Å²) >= 11 is 0. The predicted octanol–water partition coefficient (Wildman–Crippen LogP) is 2.23. The highest BCUT2D eigenvalue weighted by Crippen LogP contribution is 2.34. The Morgan fingerprint density at radius 2 is 2.00 bits per heavy atom. The molecule has 0 aromatic carbocycles. The molecule has 0 spiro atoms. The topological polar surface area (TPSA) is 29.3 Å². The van der Waals surface area contributed by atoms with E-state index in [1.54, 1.807) is 0 Å². The number of rotatable bonds is 3. The molecule has 0 radical (unpaired) electrons. The van der Waals surface area contributed by atoms with Gasteiger partial charge in [0.05, 0.1) is 0 Å². The van der Waals surface area contributed by atoms with Crippen LogP contribution in [0.1, 0.15) is 46.0 Å². The Bertz CT molecular complexity index is 199. The number of nitrogens with two attached hydrogens (primary N) is 1. The van der Waals surface area contributed by atoms with Gasteiger partial charge in [0.2, 0.25) is 0 Å². The summed E-state index contributed by atoms with van der Waals surface area (Å²) in [5, 5.41) is 0. The third-order valence-corrected chi connectivity index (χ3v) is 4.65. The Hall–Kier alpha value is -0.0800. The van der Waals surface area contributed by atoms with Gasteiger partial charge >= 0.3 is 0 Å². The predicted molar refractivity (Wildman–Crippen MR) is 64.7 cm³/mol. The Labute approximate surface area is 94.2 Å². The zero-order valence-corrected chi connectivity index (χ0v) is 10.3. The van der Waals surface area contributed by atoms with E-state index in [9.17, 15) is 0 Å². The molecule has 2 aliphatic rings. The normalized spacial score (nSPS) is 36.2. The van der Waals surface area contributed by atoms with Crippen LogP contribution in [0.5, 0.6) is 0 Å². The Kier molecular flexibility index (Phi) is 3.68. The van der Waals surface area contributed by atoms with Gasteiger partial charge in [0.1, 0.15) is 0 Å². The summed E-state index contributed by atoms with van der Waals surface area (Å²) in [5.74, 6) is 1.72. The van der Waals surface area contributed by atoms with E-state index in [1.165, 1.54) is 38.6 Å². The average Bonchev–Trinajstić information content (AvgIpc) is 2.85. The summed E-state index contributed by atoms with van der Waals surface area (Å²) in [5.41, 5.74) is 5.79. The molecule has 0 amide bonds. The lowest BCUT2D eigenvalue weighted by Crippen LogP contribution is -2.40. The average molecular weight is 210 g/mol. The van der Waals surface area contributed by atoms with Gasteiger partial charge in [0.25, 0.3) is 0 Å². The van der Waals surface area contributed by atoms with Crippen LogP contribution in [0.2, 0.25) is 0 Å². The molecule has 1 aliphatic heterocycles. The maximum absolute atomic E-state index is 5.79. The first-order valence-corrected chi connectivity index (χ1v) is 6.68. The van der Waals surface area contributed by atoms with Crippen molar-refractivity contribution in [3.8, 4) is 0 Å². The van der Waals surface area contributed by atoms with Crippen LogP contribution in [0.15, 0.2) is 0 Å². The minimum atomic E-state index is 0.754. The molecular formula is C13H26N2. The molecule has 2 fully saturated rings. The van der Waals surface area contributed by atoms with Gasteiger partial charge in [0, 0.05) is 18.6 Å². The lowest BCUT2D eigenvalue weighted by Gasteiger charge is -2.33. The van der Waals surface area contributed by atoms with Crippen LogP contribution in [0, 0.1) is 11.8 Å². The van der Waals surface area contributed by atoms with Crippen molar-refractivity contribution in [2.45, 2.75) is 58.0 Å². The zero-order chi connectivity index (χ0) is 10.8. The van der Waals surface area contributed by atoms with Crippen molar-refractivity contribution in [2.24, 2.45) is 17.6 Å². The molecule has 88 valence electrons. The Morgan fingerprint density at radius 1 is 1.33 bits per heavy atom. The van der Waals surface area contributed by atoms with Crippen molar-refractivity contribution in [1.82, 2.24) is 4.90 Å². The second-order valence-electron chi connectivity index (χ2n) is 5.67. The molecule has 1 heterocycles. The number of nitrogens with zero attached hydrogens (tertiary/aromatic N) is 1. The summed E-state index contributed by atoms with van der Waals surface area (Å²) in [6, 6.07) is 1.55. The Balaban J connectivity index is 1.91. The SMILES string of the molecule is CC1CC(CN)CN1C(C)C1CCCC1. The standard InChI is InChI=1S/C13H26N2/c1-10-7-12(8-14)9-15(10)11(2)13-5-3-4-6-13/h10-13H,3-9,14H2,1-2H3. The van der Waals surface area contributed by atoms with Gasteiger partial charge in [0.15, 0.2) is 0 Å². The number of hydrogen-bond acceptors (Lipinski definition) is 2. The third-order valence-electron chi connectivity index (χ3n) is 4.65. The van der Waals surface area contributed by atoms with Gasteiger partial charge < -0.3 is 5.73 Å². The van der Waals surface area contributed by atoms with Crippen molar-refractivity contribution in [2.75, 3.05) is 13.1 Å². The largest absolute Gasteiger partial charge is 0.330 e. The maximum Gasteiger partial charge on any atom is 0.00981 e. The van der Waals surface area contributed by atoms with Crippen molar-refractivity contribution >= 4 is 0 Å². The molecule has 0 aromatic heterocycles. The molecule has 2 N–H and O–H groups in total. The highest BCUT2D eigenvalue weighted by atomic mass is 15.2. The first kappa shape index (κ1) is 11.4. The van der Waals surface area contributed by atoms with Crippen molar-refractivity contribution in [3.63, 3.8) is 0 Å². The van der Waals surface area contributed by atoms with Crippen molar-refractivity contribution < 1.29 is 0 Å². The molecule has 2 rings (SSSR count). The molecule has 2 heteroatoms. The maximum atomic E-state index is 5.79. The number of likely N-dealkylation sites (tertiary alicyclic amines) is 1. The minimum absolute atomic E-state index is 0.754. The molecule has 1 saturated carbocycles. The zero-order valence-electron chi connectivity index (χ0n) is 10.3. The molecular weight excluding hydrogens is 184 g/mol. The molecule has 1 saturated heterocycles. The van der Waals surface area contributed by atoms with Gasteiger partial charge in [-0.15, -0.1) is 0 Å². The van der Waals surface area contributed by atoms with Crippen molar-refractivity contribution in [1.29, 1.82) is 0 Å². The minimum Gasteiger partial charge on any atom is -0.330 e. The van der Waals surface area contributed by atoms with Crippen LogP contribution in [0.4, 0.5) is 0 Å². The fourth-order valence-electron chi connectivity index (χ4n) is 3.62. The summed E-state index contributed by atoms with van der Waals surface area (Å²) in [4.78, 5) is 2.72. The smallest absolute Gasteiger partial charge is 0.00981 e. The highest BCUT2D eigenvalue weighted by Gasteiger charge is 2.35. The molecule has 1 aliphatic carbocycles. The van der Waals surface area contributed by atoms with Crippen LogP contribution in [-0.4, -0.2) is 30.1 Å². The fourth-order valence-corrected chi connectivity index (χ4v) is 3.62. The van der Waals surface area contributed by atoms with E-state index in [0.29, 0.717) is 0 Å². The van der Waals surface area contributed by atoms with Crippen molar-refractivity contribution in [3.05, 3.63) is 0 Å². The first-order chi connectivity index (χ1) is 7.22. The van der Waals surface area contributed by atoms with Gasteiger partial charge in [-0.05, 0) is 51.5 Å². The van der Waals surface area contributed by atoms with Crippen LogP contribution in [0.3, 0.4) is 0 Å².